The summed E-state index contributed by atoms with van der Waals surface area (Å²) in [5.74, 6) is -0.0366. The summed E-state index contributed by atoms with van der Waals surface area (Å²) in [7, 11) is 0. The van der Waals surface area contributed by atoms with Crippen LogP contribution >= 0.6 is 0 Å². The number of nitroso groups, excluding NO2 is 1. The fourth-order valence-electron chi connectivity index (χ4n) is 2.27. The Morgan fingerprint density at radius 3 is 2.28 bits per heavy atom. The van der Waals surface area contributed by atoms with Gasteiger partial charge in [-0.25, -0.2) is 0 Å². The van der Waals surface area contributed by atoms with Crippen LogP contribution < -0.4 is 0 Å². The third-order valence-corrected chi connectivity index (χ3v) is 3.18. The van der Waals surface area contributed by atoms with Gasteiger partial charge in [0, 0.05) is 11.1 Å². The lowest BCUT2D eigenvalue weighted by Crippen LogP contribution is -2.13. The predicted octanol–water partition coefficient (Wildman–Crippen LogP) is 3.69. The number of ketones is 1. The number of benzene rings is 2. The van der Waals surface area contributed by atoms with Crippen molar-refractivity contribution in [2.24, 2.45) is 5.18 Å². The summed E-state index contributed by atoms with van der Waals surface area (Å²) < 4.78 is 0. The minimum Gasteiger partial charge on any atom is -0.289 e. The lowest BCUT2D eigenvalue weighted by Gasteiger charge is -2.20. The molecule has 0 unspecified atom stereocenters. The highest BCUT2D eigenvalue weighted by Crippen LogP contribution is 2.36. The maximum atomic E-state index is 12.3. The molecule has 3 heteroatoms. The van der Waals surface area contributed by atoms with Gasteiger partial charge in [0.05, 0.1) is 0 Å². The molecule has 0 bridgehead atoms. The van der Waals surface area contributed by atoms with Gasteiger partial charge in [0.2, 0.25) is 0 Å². The van der Waals surface area contributed by atoms with E-state index in [1.165, 1.54) is 0 Å². The second-order valence-corrected chi connectivity index (χ2v) is 4.17. The van der Waals surface area contributed by atoms with E-state index < -0.39 is 0 Å². The number of carbonyl (C=O) groups excluding carboxylic acids is 1. The third kappa shape index (κ3) is 1.34. The molecule has 2 aromatic rings. The fourth-order valence-corrected chi connectivity index (χ4v) is 2.27. The van der Waals surface area contributed by atoms with Crippen LogP contribution in [0.3, 0.4) is 0 Å². The molecule has 0 radical (unpaired) electrons. The zero-order valence-corrected chi connectivity index (χ0v) is 9.51. The van der Waals surface area contributed by atoms with Crippen molar-refractivity contribution in [1.82, 2.24) is 0 Å². The largest absolute Gasteiger partial charge is 0.289 e. The molecule has 0 spiro atoms. The Morgan fingerprint density at radius 2 is 1.56 bits per heavy atom. The molecule has 2 aromatic carbocycles. The van der Waals surface area contributed by atoms with E-state index in [1.54, 1.807) is 24.3 Å². The second-order valence-electron chi connectivity index (χ2n) is 4.17. The highest BCUT2D eigenvalue weighted by Gasteiger charge is 2.25. The summed E-state index contributed by atoms with van der Waals surface area (Å²) in [5.41, 5.74) is 3.80. The molecule has 1 aliphatic carbocycles. The van der Waals surface area contributed by atoms with Crippen molar-refractivity contribution in [2.45, 2.75) is 0 Å². The molecule has 3 nitrogen and oxygen atoms in total. The van der Waals surface area contributed by atoms with Gasteiger partial charge in [-0.2, -0.15) is 0 Å². The molecule has 0 aliphatic heterocycles. The maximum absolute atomic E-state index is 12.3. The van der Waals surface area contributed by atoms with Crippen molar-refractivity contribution in [1.29, 1.82) is 0 Å². The average molecular weight is 235 g/mol. The highest BCUT2D eigenvalue weighted by atomic mass is 16.3. The minimum atomic E-state index is -0.0366. The molecule has 0 N–H and O–H groups in total. The third-order valence-electron chi connectivity index (χ3n) is 3.18. The molecular formula is C15H9NO2. The van der Waals surface area contributed by atoms with Crippen molar-refractivity contribution in [2.75, 3.05) is 0 Å². The molecule has 0 saturated carbocycles. The SMILES string of the molecule is C=C1c2ccccc2C(=O)c2ccc(N=O)cc21. The Hall–Kier alpha value is -2.55. The van der Waals surface area contributed by atoms with Crippen molar-refractivity contribution in [3.8, 4) is 0 Å². The molecule has 18 heavy (non-hydrogen) atoms. The van der Waals surface area contributed by atoms with Gasteiger partial charge in [0.15, 0.2) is 5.78 Å². The maximum Gasteiger partial charge on any atom is 0.194 e. The van der Waals surface area contributed by atoms with Crippen LogP contribution in [0.2, 0.25) is 0 Å². The fraction of sp³-hybridized carbons (Fsp3) is 0. The number of hydrogen-bond acceptors (Lipinski definition) is 3. The molecule has 1 aliphatic rings. The second kappa shape index (κ2) is 3.74. The van der Waals surface area contributed by atoms with Gasteiger partial charge in [-0.05, 0) is 40.1 Å². The van der Waals surface area contributed by atoms with E-state index in [-0.39, 0.29) is 5.78 Å². The summed E-state index contributed by atoms with van der Waals surface area (Å²) in [4.78, 5) is 22.9. The molecule has 0 heterocycles. The molecule has 0 aromatic heterocycles. The summed E-state index contributed by atoms with van der Waals surface area (Å²) in [6, 6.07) is 12.1. The van der Waals surface area contributed by atoms with Crippen molar-refractivity contribution in [3.05, 3.63) is 76.2 Å². The van der Waals surface area contributed by atoms with Crippen molar-refractivity contribution in [3.63, 3.8) is 0 Å². The quantitative estimate of drug-likeness (QED) is 0.604. The first-order valence-corrected chi connectivity index (χ1v) is 5.53. The summed E-state index contributed by atoms with van der Waals surface area (Å²) >= 11 is 0. The topological polar surface area (TPSA) is 46.5 Å². The minimum absolute atomic E-state index is 0.0366. The van der Waals surface area contributed by atoms with Gasteiger partial charge < -0.3 is 0 Å². The van der Waals surface area contributed by atoms with Crippen LogP contribution in [-0.2, 0) is 0 Å². The van der Waals surface area contributed by atoms with Gasteiger partial charge in [-0.3, -0.25) is 4.79 Å². The Morgan fingerprint density at radius 1 is 0.889 bits per heavy atom. The molecule has 0 atom stereocenters. The highest BCUT2D eigenvalue weighted by molar-refractivity contribution is 6.18. The number of hydrogen-bond donors (Lipinski definition) is 0. The van der Waals surface area contributed by atoms with Crippen LogP contribution in [0.25, 0.3) is 5.57 Å². The van der Waals surface area contributed by atoms with E-state index in [9.17, 15) is 9.70 Å². The monoisotopic (exact) mass is 235 g/mol. The molecular weight excluding hydrogens is 226 g/mol. The van der Waals surface area contributed by atoms with Crippen molar-refractivity contribution < 1.29 is 4.79 Å². The van der Waals surface area contributed by atoms with E-state index in [2.05, 4.69) is 11.8 Å². The van der Waals surface area contributed by atoms with E-state index in [1.807, 2.05) is 18.2 Å². The predicted molar refractivity (Wildman–Crippen MR) is 69.9 cm³/mol. The van der Waals surface area contributed by atoms with Gasteiger partial charge in [-0.15, -0.1) is 4.91 Å². The van der Waals surface area contributed by atoms with Crippen LogP contribution in [0, 0.1) is 4.91 Å². The zero-order valence-electron chi connectivity index (χ0n) is 9.51. The first kappa shape index (κ1) is 10.6. The Labute approximate surface area is 104 Å². The molecule has 86 valence electrons. The zero-order chi connectivity index (χ0) is 12.7. The Bertz CT molecular complexity index is 701. The van der Waals surface area contributed by atoms with E-state index in [4.69, 9.17) is 0 Å². The summed E-state index contributed by atoms with van der Waals surface area (Å²) in [6.45, 7) is 4.01. The number of rotatable bonds is 1. The lowest BCUT2D eigenvalue weighted by atomic mass is 9.82. The van der Waals surface area contributed by atoms with E-state index in [0.717, 1.165) is 11.1 Å². The summed E-state index contributed by atoms with van der Waals surface area (Å²) in [5, 5.41) is 2.89. The summed E-state index contributed by atoms with van der Waals surface area (Å²) in [6.07, 6.45) is 0. The molecule has 0 saturated heterocycles. The lowest BCUT2D eigenvalue weighted by molar-refractivity contribution is 0.103. The van der Waals surface area contributed by atoms with Gasteiger partial charge in [0.1, 0.15) is 5.69 Å². The van der Waals surface area contributed by atoms with Crippen LogP contribution in [0.5, 0.6) is 0 Å². The van der Waals surface area contributed by atoms with Crippen LogP contribution in [-0.4, -0.2) is 5.78 Å². The molecule has 3 rings (SSSR count). The van der Waals surface area contributed by atoms with Crippen LogP contribution in [0.4, 0.5) is 5.69 Å². The van der Waals surface area contributed by atoms with E-state index >= 15 is 0 Å². The molecule has 0 amide bonds. The van der Waals surface area contributed by atoms with Gasteiger partial charge in [0.25, 0.3) is 0 Å². The van der Waals surface area contributed by atoms with Crippen LogP contribution in [0.15, 0.2) is 54.2 Å². The van der Waals surface area contributed by atoms with E-state index in [0.29, 0.717) is 22.4 Å². The number of nitrogens with zero attached hydrogens (tertiary/aromatic N) is 1. The first-order chi connectivity index (χ1) is 8.72. The average Bonchev–Trinajstić information content (AvgIpc) is 2.44. The van der Waals surface area contributed by atoms with Crippen molar-refractivity contribution >= 4 is 17.0 Å². The first-order valence-electron chi connectivity index (χ1n) is 5.53. The Balaban J connectivity index is 2.30. The normalized spacial score (nSPS) is 12.9. The molecule has 0 fully saturated rings. The van der Waals surface area contributed by atoms with Crippen LogP contribution in [0.1, 0.15) is 27.0 Å². The van der Waals surface area contributed by atoms with Gasteiger partial charge in [-0.1, -0.05) is 30.8 Å². The smallest absolute Gasteiger partial charge is 0.194 e. The standard InChI is InChI=1S/C15H9NO2/c1-9-11-4-2-3-5-12(11)15(17)13-7-6-10(16-18)8-14(9)13/h2-8H,1H2. The number of fused-ring (bicyclic) bond motifs is 2. The van der Waals surface area contributed by atoms with Gasteiger partial charge >= 0.3 is 0 Å². The number of carbonyl (C=O) groups is 1. The Kier molecular flexibility index (Phi) is 2.20.